The zero-order chi connectivity index (χ0) is 16.0. The van der Waals surface area contributed by atoms with Crippen molar-refractivity contribution in [3.8, 4) is 0 Å². The lowest BCUT2D eigenvalue weighted by Crippen LogP contribution is -2.36. The largest absolute Gasteiger partial charge is 0.330 e. The Balaban J connectivity index is 1.75. The van der Waals surface area contributed by atoms with Gasteiger partial charge in [0, 0.05) is 38.8 Å². The fraction of sp³-hybridized carbons (Fsp3) is 0.444. The van der Waals surface area contributed by atoms with Gasteiger partial charge in [-0.1, -0.05) is 24.3 Å². The summed E-state index contributed by atoms with van der Waals surface area (Å²) in [5.74, 6) is 1.12. The lowest BCUT2D eigenvalue weighted by molar-refractivity contribution is 0.0702. The number of hydrogen-bond donors (Lipinski definition) is 1. The van der Waals surface area contributed by atoms with Crippen molar-refractivity contribution < 1.29 is 4.79 Å². The summed E-state index contributed by atoms with van der Waals surface area (Å²) in [5.41, 5.74) is 3.20. The first-order valence-electron chi connectivity index (χ1n) is 8.22. The fourth-order valence-corrected chi connectivity index (χ4v) is 4.18. The molecule has 4 rings (SSSR count). The van der Waals surface area contributed by atoms with E-state index in [2.05, 4.69) is 46.5 Å². The first-order chi connectivity index (χ1) is 11.2. The predicted molar refractivity (Wildman–Crippen MR) is 88.0 cm³/mol. The Kier molecular flexibility index (Phi) is 3.45. The Morgan fingerprint density at radius 3 is 2.83 bits per heavy atom. The molecule has 2 fully saturated rings. The molecule has 0 saturated carbocycles. The number of fused-ring (bicyclic) bond motifs is 1. The number of likely N-dealkylation sites (tertiary alicyclic amines) is 1. The number of benzene rings is 1. The molecule has 23 heavy (non-hydrogen) atoms. The van der Waals surface area contributed by atoms with Gasteiger partial charge in [-0.05, 0) is 30.0 Å². The number of rotatable bonds is 2. The van der Waals surface area contributed by atoms with Crippen molar-refractivity contribution in [3.63, 3.8) is 0 Å². The topological polar surface area (TPSA) is 50.2 Å². The molecular weight excluding hydrogens is 288 g/mol. The number of nitrogens with one attached hydrogen (secondary N) is 1. The van der Waals surface area contributed by atoms with Crippen molar-refractivity contribution in [2.24, 2.45) is 18.9 Å². The number of nitrogens with zero attached hydrogens (tertiary/aromatic N) is 3. The Labute approximate surface area is 136 Å². The molecule has 2 aromatic rings. The number of carbonyl (C=O) groups is 1. The molecule has 0 spiro atoms. The number of amides is 1. The molecule has 1 N–H and O–H groups in total. The molecule has 0 radical (unpaired) electrons. The maximum atomic E-state index is 13.1. The van der Waals surface area contributed by atoms with E-state index in [1.807, 2.05) is 13.1 Å². The second-order valence-electron chi connectivity index (χ2n) is 6.68. The Morgan fingerprint density at radius 2 is 2.09 bits per heavy atom. The number of aromatic nitrogens is 2. The third kappa shape index (κ3) is 2.27. The van der Waals surface area contributed by atoms with Crippen molar-refractivity contribution in [1.82, 2.24) is 20.0 Å². The van der Waals surface area contributed by atoms with Crippen LogP contribution in [0, 0.1) is 18.8 Å². The van der Waals surface area contributed by atoms with Gasteiger partial charge in [0.25, 0.3) is 5.91 Å². The van der Waals surface area contributed by atoms with Gasteiger partial charge in [0.1, 0.15) is 5.69 Å². The van der Waals surface area contributed by atoms with Crippen LogP contribution in [0.4, 0.5) is 0 Å². The van der Waals surface area contributed by atoms with Crippen molar-refractivity contribution >= 4 is 5.91 Å². The second-order valence-corrected chi connectivity index (χ2v) is 6.68. The molecule has 5 nitrogen and oxygen atoms in total. The minimum Gasteiger partial charge on any atom is -0.330 e. The normalized spacial score (nSPS) is 26.5. The van der Waals surface area contributed by atoms with Crippen LogP contribution >= 0.6 is 0 Å². The van der Waals surface area contributed by atoms with Crippen molar-refractivity contribution in [2.75, 3.05) is 19.6 Å². The van der Waals surface area contributed by atoms with E-state index in [9.17, 15) is 4.79 Å². The van der Waals surface area contributed by atoms with Crippen LogP contribution in [0.25, 0.3) is 0 Å². The van der Waals surface area contributed by atoms with Gasteiger partial charge in [0.15, 0.2) is 0 Å². The fourth-order valence-electron chi connectivity index (χ4n) is 4.18. The standard InChI is InChI=1S/C18H22N4O/c1-12-5-3-4-6-14(12)17-15-10-19-9-13(15)11-22(17)18(23)16-7-8-20-21(16)2/h3-8,13,15,17,19H,9-11H2,1-2H3/t13-,15-,17+/m0/s1. The lowest BCUT2D eigenvalue weighted by Gasteiger charge is -2.29. The van der Waals surface area contributed by atoms with Crippen molar-refractivity contribution in [3.05, 3.63) is 53.3 Å². The summed E-state index contributed by atoms with van der Waals surface area (Å²) in [6.45, 7) is 4.94. The molecule has 1 amide bonds. The van der Waals surface area contributed by atoms with Gasteiger partial charge >= 0.3 is 0 Å². The van der Waals surface area contributed by atoms with Crippen LogP contribution in [0.5, 0.6) is 0 Å². The van der Waals surface area contributed by atoms with E-state index >= 15 is 0 Å². The Hall–Kier alpha value is -2.14. The average Bonchev–Trinajstić information content (AvgIpc) is 3.22. The van der Waals surface area contributed by atoms with Gasteiger partial charge < -0.3 is 10.2 Å². The maximum Gasteiger partial charge on any atom is 0.272 e. The molecule has 3 heterocycles. The highest BCUT2D eigenvalue weighted by molar-refractivity contribution is 5.93. The average molecular weight is 310 g/mol. The summed E-state index contributed by atoms with van der Waals surface area (Å²) in [6.07, 6.45) is 1.69. The lowest BCUT2D eigenvalue weighted by atomic mass is 9.87. The number of aryl methyl sites for hydroxylation is 2. The summed E-state index contributed by atoms with van der Waals surface area (Å²) < 4.78 is 1.67. The zero-order valence-electron chi connectivity index (χ0n) is 13.6. The van der Waals surface area contributed by atoms with E-state index in [1.54, 1.807) is 10.9 Å². The molecule has 1 aromatic carbocycles. The van der Waals surface area contributed by atoms with E-state index in [0.29, 0.717) is 17.5 Å². The van der Waals surface area contributed by atoms with Gasteiger partial charge in [-0.2, -0.15) is 5.10 Å². The molecule has 2 saturated heterocycles. The Bertz CT molecular complexity index is 738. The molecule has 2 aliphatic heterocycles. The molecule has 2 aliphatic rings. The molecule has 0 bridgehead atoms. The quantitative estimate of drug-likeness (QED) is 0.919. The van der Waals surface area contributed by atoms with Crippen LogP contribution in [0.2, 0.25) is 0 Å². The van der Waals surface area contributed by atoms with E-state index in [0.717, 1.165) is 19.6 Å². The number of carbonyl (C=O) groups excluding carboxylic acids is 1. The summed E-state index contributed by atoms with van der Waals surface area (Å²) in [5, 5.41) is 7.65. The van der Waals surface area contributed by atoms with E-state index < -0.39 is 0 Å². The van der Waals surface area contributed by atoms with E-state index in [4.69, 9.17) is 0 Å². The van der Waals surface area contributed by atoms with Crippen LogP contribution in [0.1, 0.15) is 27.7 Å². The van der Waals surface area contributed by atoms with E-state index in [1.165, 1.54) is 11.1 Å². The zero-order valence-corrected chi connectivity index (χ0v) is 13.6. The maximum absolute atomic E-state index is 13.1. The highest BCUT2D eigenvalue weighted by atomic mass is 16.2. The van der Waals surface area contributed by atoms with Crippen LogP contribution in [-0.2, 0) is 7.05 Å². The molecule has 0 unspecified atom stereocenters. The minimum atomic E-state index is 0.0904. The summed E-state index contributed by atoms with van der Waals surface area (Å²) in [4.78, 5) is 15.2. The van der Waals surface area contributed by atoms with E-state index in [-0.39, 0.29) is 11.9 Å². The van der Waals surface area contributed by atoms with Crippen molar-refractivity contribution in [1.29, 1.82) is 0 Å². The molecule has 3 atom stereocenters. The Morgan fingerprint density at radius 1 is 1.26 bits per heavy atom. The first kappa shape index (κ1) is 14.5. The first-order valence-corrected chi connectivity index (χ1v) is 8.22. The molecule has 1 aromatic heterocycles. The van der Waals surface area contributed by atoms with Gasteiger partial charge in [0.05, 0.1) is 6.04 Å². The number of hydrogen-bond acceptors (Lipinski definition) is 3. The molecular formula is C18H22N4O. The highest BCUT2D eigenvalue weighted by Crippen LogP contribution is 2.44. The van der Waals surface area contributed by atoms with Gasteiger partial charge in [-0.15, -0.1) is 0 Å². The highest BCUT2D eigenvalue weighted by Gasteiger charge is 2.47. The van der Waals surface area contributed by atoms with Crippen LogP contribution in [0.15, 0.2) is 36.5 Å². The van der Waals surface area contributed by atoms with Gasteiger partial charge in [-0.25, -0.2) is 0 Å². The van der Waals surface area contributed by atoms with Gasteiger partial charge in [-0.3, -0.25) is 9.48 Å². The second kappa shape index (κ2) is 5.49. The third-order valence-corrected chi connectivity index (χ3v) is 5.37. The van der Waals surface area contributed by atoms with Gasteiger partial charge in [0.2, 0.25) is 0 Å². The summed E-state index contributed by atoms with van der Waals surface area (Å²) in [7, 11) is 1.83. The van der Waals surface area contributed by atoms with Crippen LogP contribution in [0.3, 0.4) is 0 Å². The third-order valence-electron chi connectivity index (χ3n) is 5.37. The predicted octanol–water partition coefficient (Wildman–Crippen LogP) is 1.76. The monoisotopic (exact) mass is 310 g/mol. The van der Waals surface area contributed by atoms with Crippen molar-refractivity contribution in [2.45, 2.75) is 13.0 Å². The smallest absolute Gasteiger partial charge is 0.272 e. The SMILES string of the molecule is Cc1ccccc1[C@@H]1[C@H]2CNC[C@H]2CN1C(=O)c1ccnn1C. The molecule has 0 aliphatic carbocycles. The molecule has 5 heteroatoms. The molecule has 120 valence electrons. The summed E-state index contributed by atoms with van der Waals surface area (Å²) in [6, 6.07) is 10.4. The summed E-state index contributed by atoms with van der Waals surface area (Å²) >= 11 is 0. The van der Waals surface area contributed by atoms with Crippen LogP contribution < -0.4 is 5.32 Å². The minimum absolute atomic E-state index is 0.0904. The van der Waals surface area contributed by atoms with Crippen LogP contribution in [-0.4, -0.2) is 40.2 Å².